The lowest BCUT2D eigenvalue weighted by Gasteiger charge is -2.50. The number of aliphatic hydroxyl groups is 1. The van der Waals surface area contributed by atoms with Gasteiger partial charge in [-0.15, -0.1) is 0 Å². The molecular weight excluding hydrogens is 465 g/mol. The fourth-order valence-electron chi connectivity index (χ4n) is 6.52. The Hall–Kier alpha value is -2.32. The molecule has 34 heavy (non-hydrogen) atoms. The van der Waals surface area contributed by atoms with E-state index in [1.165, 1.54) is 23.3 Å². The average molecular weight is 493 g/mol. The van der Waals surface area contributed by atoms with Crippen LogP contribution in [0.25, 0.3) is 0 Å². The van der Waals surface area contributed by atoms with Gasteiger partial charge in [0.15, 0.2) is 0 Å². The van der Waals surface area contributed by atoms with E-state index in [-0.39, 0.29) is 22.7 Å². The van der Waals surface area contributed by atoms with Crippen molar-refractivity contribution in [1.29, 1.82) is 0 Å². The maximum Gasteiger partial charge on any atom is 0.534 e. The summed E-state index contributed by atoms with van der Waals surface area (Å²) in [6.07, 6.45) is 4.88. The highest BCUT2D eigenvalue weighted by Crippen LogP contribution is 2.61. The Labute approximate surface area is 197 Å². The summed E-state index contributed by atoms with van der Waals surface area (Å²) < 4.78 is 66.0. The van der Waals surface area contributed by atoms with Crippen LogP contribution in [0.5, 0.6) is 5.75 Å². The summed E-state index contributed by atoms with van der Waals surface area (Å²) >= 11 is 0. The first-order valence-corrected chi connectivity index (χ1v) is 12.9. The fraction of sp³-hybridized carbons (Fsp3) is 0.462. The maximum atomic E-state index is 12.8. The van der Waals surface area contributed by atoms with Crippen molar-refractivity contribution in [3.05, 3.63) is 76.4 Å². The molecule has 1 N–H and O–H groups in total. The number of halogens is 3. The summed E-state index contributed by atoms with van der Waals surface area (Å²) in [5.41, 5.74) is -0.186. The van der Waals surface area contributed by atoms with Gasteiger partial charge >= 0.3 is 15.6 Å². The number of benzene rings is 2. The third-order valence-electron chi connectivity index (χ3n) is 7.97. The van der Waals surface area contributed by atoms with Crippen molar-refractivity contribution in [2.75, 3.05) is 0 Å². The maximum absolute atomic E-state index is 12.8. The van der Waals surface area contributed by atoms with Gasteiger partial charge in [-0.2, -0.15) is 21.6 Å². The zero-order chi connectivity index (χ0) is 24.4. The minimum Gasteiger partial charge on any atom is -0.393 e. The van der Waals surface area contributed by atoms with Gasteiger partial charge in [0.1, 0.15) is 5.75 Å². The lowest BCUT2D eigenvalue weighted by Crippen LogP contribution is -2.42. The van der Waals surface area contributed by atoms with E-state index in [1.54, 1.807) is 6.07 Å². The van der Waals surface area contributed by atoms with Crippen molar-refractivity contribution < 1.29 is 30.9 Å². The molecule has 0 aromatic heterocycles. The number of aryl methyl sites for hydroxylation is 1. The Morgan fingerprint density at radius 3 is 2.50 bits per heavy atom. The zero-order valence-electron chi connectivity index (χ0n) is 18.9. The molecule has 0 aliphatic heterocycles. The van der Waals surface area contributed by atoms with E-state index in [1.807, 2.05) is 18.2 Å². The first-order valence-electron chi connectivity index (χ1n) is 11.5. The summed E-state index contributed by atoms with van der Waals surface area (Å²) in [5.74, 6) is -0.320. The molecule has 4 nitrogen and oxygen atoms in total. The van der Waals surface area contributed by atoms with Crippen molar-refractivity contribution in [2.24, 2.45) is 5.41 Å². The van der Waals surface area contributed by atoms with Crippen LogP contribution in [-0.4, -0.2) is 25.1 Å². The van der Waals surface area contributed by atoms with Crippen molar-refractivity contribution in [1.82, 2.24) is 0 Å². The van der Waals surface area contributed by atoms with E-state index in [2.05, 4.69) is 23.2 Å². The summed E-state index contributed by atoms with van der Waals surface area (Å²) in [6.45, 7) is 2.23. The molecule has 8 heteroatoms. The largest absolute Gasteiger partial charge is 0.534 e. The highest BCUT2D eigenvalue weighted by molar-refractivity contribution is 7.88. The molecule has 3 aliphatic rings. The molecule has 3 aliphatic carbocycles. The standard InChI is InChI=1S/C26H27F3O4S/c1-24-11-12-25(15-17-5-3-2-4-6-17)21-10-8-20(33-34(31,32)26(27,28)29)13-18(21)7-9-22(25)23(24)14-19(30)16-24/h2-6,8,10,13,19,30H,7,9,11-12,14-16H2,1H3/t19-,24-,25+/m0/s1. The second-order valence-electron chi connectivity index (χ2n) is 10.1. The van der Waals surface area contributed by atoms with Gasteiger partial charge in [0.05, 0.1) is 6.10 Å². The topological polar surface area (TPSA) is 63.6 Å². The molecule has 2 aromatic rings. The summed E-state index contributed by atoms with van der Waals surface area (Å²) in [6, 6.07) is 14.6. The van der Waals surface area contributed by atoms with E-state index >= 15 is 0 Å². The van der Waals surface area contributed by atoms with E-state index in [0.717, 1.165) is 48.8 Å². The van der Waals surface area contributed by atoms with Crippen molar-refractivity contribution in [3.63, 3.8) is 0 Å². The lowest BCUT2D eigenvalue weighted by molar-refractivity contribution is -0.0500. The van der Waals surface area contributed by atoms with Gasteiger partial charge in [-0.25, -0.2) is 0 Å². The van der Waals surface area contributed by atoms with Crippen LogP contribution in [0.15, 0.2) is 59.7 Å². The molecule has 5 rings (SSSR count). The predicted octanol–water partition coefficient (Wildman–Crippen LogP) is 5.59. The molecule has 0 saturated heterocycles. The SMILES string of the molecule is C[C@@]12CC[C@]3(Cc4ccccc4)C(=C1C[C@H](O)C2)CCc1cc(OS(=O)(=O)C(F)(F)F)ccc13. The highest BCUT2D eigenvalue weighted by Gasteiger charge is 2.52. The second kappa shape index (κ2) is 7.85. The second-order valence-corrected chi connectivity index (χ2v) is 11.7. The van der Waals surface area contributed by atoms with Crippen molar-refractivity contribution in [2.45, 2.75) is 68.9 Å². The van der Waals surface area contributed by atoms with Crippen LogP contribution in [0.4, 0.5) is 13.2 Å². The van der Waals surface area contributed by atoms with E-state index in [0.29, 0.717) is 12.8 Å². The Kier molecular flexibility index (Phi) is 5.41. The molecule has 2 aromatic carbocycles. The molecule has 0 spiro atoms. The van der Waals surface area contributed by atoms with Gasteiger partial charge in [-0.1, -0.05) is 54.5 Å². The van der Waals surface area contributed by atoms with Crippen molar-refractivity contribution >= 4 is 10.1 Å². The molecule has 3 atom stereocenters. The summed E-state index contributed by atoms with van der Waals surface area (Å²) in [5, 5.41) is 10.5. The van der Waals surface area contributed by atoms with Crippen LogP contribution >= 0.6 is 0 Å². The van der Waals surface area contributed by atoms with Crippen LogP contribution in [-0.2, 0) is 28.4 Å². The lowest BCUT2D eigenvalue weighted by atomic mass is 9.54. The predicted molar refractivity (Wildman–Crippen MR) is 122 cm³/mol. The number of alkyl halides is 3. The zero-order valence-corrected chi connectivity index (χ0v) is 19.7. The quantitative estimate of drug-likeness (QED) is 0.343. The Morgan fingerprint density at radius 1 is 1.06 bits per heavy atom. The molecule has 0 bridgehead atoms. The highest BCUT2D eigenvalue weighted by atomic mass is 32.2. The van der Waals surface area contributed by atoms with Crippen LogP contribution in [0, 0.1) is 5.41 Å². The van der Waals surface area contributed by atoms with E-state index in [9.17, 15) is 26.7 Å². The molecule has 1 saturated carbocycles. The molecular formula is C26H27F3O4S. The number of hydrogen-bond donors (Lipinski definition) is 1. The number of fused-ring (bicyclic) bond motifs is 4. The van der Waals surface area contributed by atoms with Gasteiger partial charge in [-0.05, 0) is 79.2 Å². The monoisotopic (exact) mass is 492 g/mol. The van der Waals surface area contributed by atoms with Gasteiger partial charge < -0.3 is 9.29 Å². The van der Waals surface area contributed by atoms with Gasteiger partial charge in [0, 0.05) is 5.41 Å². The Morgan fingerprint density at radius 2 is 1.79 bits per heavy atom. The smallest absolute Gasteiger partial charge is 0.393 e. The fourth-order valence-corrected chi connectivity index (χ4v) is 6.97. The third-order valence-corrected chi connectivity index (χ3v) is 8.95. The molecule has 0 radical (unpaired) electrons. The van der Waals surface area contributed by atoms with Gasteiger partial charge in [0.25, 0.3) is 0 Å². The van der Waals surface area contributed by atoms with Crippen LogP contribution < -0.4 is 4.18 Å². The number of aliphatic hydroxyl groups excluding tert-OH is 1. The average Bonchev–Trinajstić information content (AvgIpc) is 3.07. The third kappa shape index (κ3) is 3.75. The van der Waals surface area contributed by atoms with Crippen molar-refractivity contribution in [3.8, 4) is 5.75 Å². The summed E-state index contributed by atoms with van der Waals surface area (Å²) in [4.78, 5) is 0. The Bertz CT molecular complexity index is 1250. The minimum atomic E-state index is -5.73. The molecule has 0 unspecified atom stereocenters. The number of rotatable bonds is 4. The molecule has 0 heterocycles. The van der Waals surface area contributed by atoms with Crippen LogP contribution in [0.2, 0.25) is 0 Å². The first-order chi connectivity index (χ1) is 15.9. The normalized spacial score (nSPS) is 28.8. The van der Waals surface area contributed by atoms with Crippen LogP contribution in [0.3, 0.4) is 0 Å². The van der Waals surface area contributed by atoms with Crippen LogP contribution in [0.1, 0.15) is 55.7 Å². The van der Waals surface area contributed by atoms with Gasteiger partial charge in [-0.3, -0.25) is 0 Å². The van der Waals surface area contributed by atoms with Gasteiger partial charge in [0.2, 0.25) is 0 Å². The van der Waals surface area contributed by atoms with E-state index in [4.69, 9.17) is 0 Å². The number of allylic oxidation sites excluding steroid dienone is 1. The summed E-state index contributed by atoms with van der Waals surface area (Å²) in [7, 11) is -5.73. The molecule has 0 amide bonds. The first kappa shape index (κ1) is 23.4. The molecule has 182 valence electrons. The molecule has 1 fully saturated rings. The Balaban J connectivity index is 1.62. The van der Waals surface area contributed by atoms with E-state index < -0.39 is 15.6 Å². The minimum absolute atomic E-state index is 0.0315. The number of hydrogen-bond acceptors (Lipinski definition) is 4.